The third-order valence-corrected chi connectivity index (χ3v) is 5.32. The molecule has 2 aliphatic carbocycles. The van der Waals surface area contributed by atoms with Crippen LogP contribution in [0.5, 0.6) is 0 Å². The molecule has 0 radical (unpaired) electrons. The predicted molar refractivity (Wildman–Crippen MR) is 88.8 cm³/mol. The maximum absolute atomic E-state index is 10.6. The molecule has 21 heavy (non-hydrogen) atoms. The van der Waals surface area contributed by atoms with Gasteiger partial charge in [-0.2, -0.15) is 0 Å². The zero-order valence-corrected chi connectivity index (χ0v) is 13.0. The van der Waals surface area contributed by atoms with Gasteiger partial charge < -0.3 is 5.11 Å². The number of fused-ring (bicyclic) bond motifs is 1. The number of benzene rings is 1. The van der Waals surface area contributed by atoms with E-state index < -0.39 is 0 Å². The van der Waals surface area contributed by atoms with E-state index in [1.165, 1.54) is 22.3 Å². The highest BCUT2D eigenvalue weighted by Gasteiger charge is 2.43. The molecule has 1 fully saturated rings. The Labute approximate surface area is 127 Å². The third-order valence-electron chi connectivity index (χ3n) is 5.32. The van der Waals surface area contributed by atoms with Gasteiger partial charge in [0.2, 0.25) is 0 Å². The van der Waals surface area contributed by atoms with Crippen molar-refractivity contribution >= 4 is 6.08 Å². The molecule has 1 aromatic rings. The number of aliphatic hydroxyl groups is 1. The molecule has 0 amide bonds. The van der Waals surface area contributed by atoms with E-state index in [-0.39, 0.29) is 11.5 Å². The van der Waals surface area contributed by atoms with Gasteiger partial charge in [-0.15, -0.1) is 0 Å². The van der Waals surface area contributed by atoms with Crippen LogP contribution in [0.3, 0.4) is 0 Å². The molecule has 0 bridgehead atoms. The largest absolute Gasteiger partial charge is 0.392 e. The van der Waals surface area contributed by atoms with E-state index in [0.717, 1.165) is 31.3 Å². The summed E-state index contributed by atoms with van der Waals surface area (Å²) in [5.41, 5.74) is 6.25. The summed E-state index contributed by atoms with van der Waals surface area (Å²) in [6, 6.07) is 10.4. The topological polar surface area (TPSA) is 20.2 Å². The molecule has 110 valence electrons. The summed E-state index contributed by atoms with van der Waals surface area (Å²) in [5.74, 6) is 0. The van der Waals surface area contributed by atoms with Gasteiger partial charge in [0.05, 0.1) is 6.10 Å². The smallest absolute Gasteiger partial charge is 0.0634 e. The van der Waals surface area contributed by atoms with Crippen molar-refractivity contribution in [3.63, 3.8) is 0 Å². The Bertz CT molecular complexity index is 620. The average molecular weight is 280 g/mol. The molecule has 1 heteroatoms. The van der Waals surface area contributed by atoms with E-state index in [9.17, 15) is 5.11 Å². The highest BCUT2D eigenvalue weighted by atomic mass is 16.3. The lowest BCUT2D eigenvalue weighted by Gasteiger charge is -2.46. The van der Waals surface area contributed by atoms with E-state index in [1.807, 2.05) is 6.07 Å². The minimum atomic E-state index is -0.233. The van der Waals surface area contributed by atoms with Gasteiger partial charge in [0.1, 0.15) is 0 Å². The molecular formula is C20H24O. The Morgan fingerprint density at radius 3 is 2.71 bits per heavy atom. The van der Waals surface area contributed by atoms with Gasteiger partial charge in [0, 0.05) is 5.41 Å². The maximum atomic E-state index is 10.6. The van der Waals surface area contributed by atoms with Crippen molar-refractivity contribution in [3.05, 3.63) is 64.8 Å². The molecule has 0 heterocycles. The van der Waals surface area contributed by atoms with Crippen LogP contribution in [0.1, 0.15) is 45.1 Å². The predicted octanol–water partition coefficient (Wildman–Crippen LogP) is 4.90. The molecule has 1 nitrogen and oxygen atoms in total. The van der Waals surface area contributed by atoms with Crippen LogP contribution in [-0.4, -0.2) is 11.2 Å². The van der Waals surface area contributed by atoms with E-state index in [1.54, 1.807) is 0 Å². The Morgan fingerprint density at radius 2 is 2.00 bits per heavy atom. The summed E-state index contributed by atoms with van der Waals surface area (Å²) in [6.45, 7) is 8.71. The Morgan fingerprint density at radius 1 is 1.29 bits per heavy atom. The number of rotatable bonds is 1. The minimum Gasteiger partial charge on any atom is -0.392 e. The first kappa shape index (κ1) is 14.3. The van der Waals surface area contributed by atoms with Crippen LogP contribution in [0, 0.1) is 5.41 Å². The van der Waals surface area contributed by atoms with Gasteiger partial charge in [-0.25, -0.2) is 0 Å². The van der Waals surface area contributed by atoms with Gasteiger partial charge in [-0.1, -0.05) is 55.5 Å². The second-order valence-corrected chi connectivity index (χ2v) is 6.66. The molecule has 0 aromatic heterocycles. The lowest BCUT2D eigenvalue weighted by Crippen LogP contribution is -2.40. The second kappa shape index (κ2) is 5.31. The number of hydrogen-bond acceptors (Lipinski definition) is 1. The first-order valence-corrected chi connectivity index (χ1v) is 7.86. The molecular weight excluding hydrogens is 256 g/mol. The standard InChI is InChI=1S/C20H24O/c1-14-15(2)18-10-7-11-19(21)20(18,3)13-17(14)12-16-8-5-4-6-9-16/h4-6,8-9,12,19,21H,1,7,10-11,13H2,2-3H3/t19-,20-/m0/s1. The number of hydrogen-bond donors (Lipinski definition) is 1. The number of allylic oxidation sites excluding steroid dienone is 3. The fraction of sp³-hybridized carbons (Fsp3) is 0.400. The van der Waals surface area contributed by atoms with Crippen LogP contribution in [0.15, 0.2) is 59.2 Å². The van der Waals surface area contributed by atoms with Gasteiger partial charge in [-0.3, -0.25) is 0 Å². The van der Waals surface area contributed by atoms with E-state index in [0.29, 0.717) is 0 Å². The molecule has 3 rings (SSSR count). The molecule has 1 saturated carbocycles. The van der Waals surface area contributed by atoms with Crippen molar-refractivity contribution in [2.45, 2.75) is 45.6 Å². The highest BCUT2D eigenvalue weighted by Crippen LogP contribution is 2.52. The van der Waals surface area contributed by atoms with Crippen LogP contribution in [0.4, 0.5) is 0 Å². The lowest BCUT2D eigenvalue weighted by molar-refractivity contribution is 0.0346. The quantitative estimate of drug-likeness (QED) is 0.776. The summed E-state index contributed by atoms with van der Waals surface area (Å²) < 4.78 is 0. The molecule has 0 saturated heterocycles. The SMILES string of the molecule is C=C1C(=Cc2ccccc2)C[C@@]2(C)C(=C1C)CCC[C@@H]2O. The monoisotopic (exact) mass is 280 g/mol. The van der Waals surface area contributed by atoms with Crippen LogP contribution >= 0.6 is 0 Å². The van der Waals surface area contributed by atoms with E-state index in [2.05, 4.69) is 50.8 Å². The van der Waals surface area contributed by atoms with E-state index in [4.69, 9.17) is 0 Å². The summed E-state index contributed by atoms with van der Waals surface area (Å²) >= 11 is 0. The fourth-order valence-electron chi connectivity index (χ4n) is 3.93. The van der Waals surface area contributed by atoms with Gasteiger partial charge in [0.25, 0.3) is 0 Å². The van der Waals surface area contributed by atoms with Crippen molar-refractivity contribution in [1.29, 1.82) is 0 Å². The maximum Gasteiger partial charge on any atom is 0.0634 e. The zero-order chi connectivity index (χ0) is 15.0. The van der Waals surface area contributed by atoms with Gasteiger partial charge in [-0.05, 0) is 54.9 Å². The normalized spacial score (nSPS) is 31.5. The zero-order valence-electron chi connectivity index (χ0n) is 13.0. The number of aliphatic hydroxyl groups excluding tert-OH is 1. The molecule has 2 atom stereocenters. The van der Waals surface area contributed by atoms with Crippen molar-refractivity contribution in [3.8, 4) is 0 Å². The van der Waals surface area contributed by atoms with Crippen molar-refractivity contribution in [1.82, 2.24) is 0 Å². The first-order valence-electron chi connectivity index (χ1n) is 7.86. The van der Waals surface area contributed by atoms with Crippen LogP contribution in [0.2, 0.25) is 0 Å². The summed E-state index contributed by atoms with van der Waals surface area (Å²) in [4.78, 5) is 0. The summed E-state index contributed by atoms with van der Waals surface area (Å²) in [6.07, 6.45) is 6.01. The van der Waals surface area contributed by atoms with E-state index >= 15 is 0 Å². The average Bonchev–Trinajstić information content (AvgIpc) is 2.48. The van der Waals surface area contributed by atoms with Crippen molar-refractivity contribution in [2.24, 2.45) is 5.41 Å². The molecule has 0 unspecified atom stereocenters. The fourth-order valence-corrected chi connectivity index (χ4v) is 3.93. The van der Waals surface area contributed by atoms with Crippen molar-refractivity contribution < 1.29 is 5.11 Å². The van der Waals surface area contributed by atoms with Crippen molar-refractivity contribution in [2.75, 3.05) is 0 Å². The lowest BCUT2D eigenvalue weighted by atomic mass is 9.60. The first-order chi connectivity index (χ1) is 10.0. The van der Waals surface area contributed by atoms with Crippen LogP contribution in [-0.2, 0) is 0 Å². The Hall–Kier alpha value is -1.60. The van der Waals surface area contributed by atoms with Gasteiger partial charge in [0.15, 0.2) is 0 Å². The molecule has 1 N–H and O–H groups in total. The van der Waals surface area contributed by atoms with Crippen LogP contribution in [0.25, 0.3) is 6.08 Å². The Kier molecular flexibility index (Phi) is 3.62. The third kappa shape index (κ3) is 2.40. The molecule has 1 aromatic carbocycles. The highest BCUT2D eigenvalue weighted by molar-refractivity contribution is 5.65. The summed E-state index contributed by atoms with van der Waals surface area (Å²) in [5, 5.41) is 10.6. The van der Waals surface area contributed by atoms with Gasteiger partial charge >= 0.3 is 0 Å². The molecule has 0 spiro atoms. The molecule has 2 aliphatic rings. The second-order valence-electron chi connectivity index (χ2n) is 6.66. The summed E-state index contributed by atoms with van der Waals surface area (Å²) in [7, 11) is 0. The minimum absolute atomic E-state index is 0.107. The van der Waals surface area contributed by atoms with Crippen LogP contribution < -0.4 is 0 Å². The Balaban J connectivity index is 2.05. The molecule has 0 aliphatic heterocycles.